The summed E-state index contributed by atoms with van der Waals surface area (Å²) in [6.07, 6.45) is -1.93. The largest absolute Gasteiger partial charge is 0.479 e. The zero-order valence-corrected chi connectivity index (χ0v) is 14.9. The van der Waals surface area contributed by atoms with Crippen LogP contribution in [0.25, 0.3) is 0 Å². The molecule has 2 rings (SSSR count). The molecule has 1 amide bonds. The van der Waals surface area contributed by atoms with Crippen LogP contribution in [-0.4, -0.2) is 24.1 Å². The zero-order valence-electron chi connectivity index (χ0n) is 14.9. The van der Waals surface area contributed by atoms with E-state index < -0.39 is 24.1 Å². The van der Waals surface area contributed by atoms with Gasteiger partial charge in [-0.05, 0) is 55.8 Å². The third kappa shape index (κ3) is 6.12. The molecule has 0 aromatic heterocycles. The molecule has 0 aliphatic carbocycles. The molecular formula is C20H19FN2O4. The van der Waals surface area contributed by atoms with E-state index in [0.29, 0.717) is 11.3 Å². The lowest BCUT2D eigenvalue weighted by Crippen LogP contribution is -2.38. The van der Waals surface area contributed by atoms with Gasteiger partial charge in [0.15, 0.2) is 12.2 Å². The second-order valence-electron chi connectivity index (χ2n) is 5.82. The second-order valence-corrected chi connectivity index (χ2v) is 5.82. The summed E-state index contributed by atoms with van der Waals surface area (Å²) < 4.78 is 23.4. The smallest absolute Gasteiger partial charge is 0.347 e. The van der Waals surface area contributed by atoms with Crippen molar-refractivity contribution in [3.63, 3.8) is 0 Å². The average Bonchev–Trinajstić information content (AvgIpc) is 2.67. The molecule has 0 unspecified atom stereocenters. The summed E-state index contributed by atoms with van der Waals surface area (Å²) in [5.74, 6) is -1.11. The number of ether oxygens (including phenoxy) is 2. The predicted octanol–water partition coefficient (Wildman–Crippen LogP) is 2.71. The first-order valence-corrected chi connectivity index (χ1v) is 8.28. The fourth-order valence-electron chi connectivity index (χ4n) is 2.12. The molecule has 27 heavy (non-hydrogen) atoms. The van der Waals surface area contributed by atoms with E-state index in [1.165, 1.54) is 26.0 Å². The van der Waals surface area contributed by atoms with Crippen LogP contribution in [-0.2, 0) is 20.9 Å². The number of rotatable bonds is 7. The van der Waals surface area contributed by atoms with Crippen LogP contribution in [0, 0.1) is 17.1 Å². The Kier molecular flexibility index (Phi) is 6.89. The van der Waals surface area contributed by atoms with Gasteiger partial charge in [-0.15, -0.1) is 0 Å². The lowest BCUT2D eigenvalue weighted by molar-refractivity contribution is -0.160. The maximum atomic E-state index is 12.9. The van der Waals surface area contributed by atoms with Crippen molar-refractivity contribution in [2.75, 3.05) is 0 Å². The molecule has 1 N–H and O–H groups in total. The summed E-state index contributed by atoms with van der Waals surface area (Å²) in [5, 5.41) is 11.4. The van der Waals surface area contributed by atoms with Gasteiger partial charge in [-0.3, -0.25) is 4.79 Å². The summed E-state index contributed by atoms with van der Waals surface area (Å²) in [4.78, 5) is 24.1. The second kappa shape index (κ2) is 9.34. The lowest BCUT2D eigenvalue weighted by atomic mass is 10.2. The number of nitrogens with one attached hydrogen (secondary N) is 1. The number of hydrogen-bond donors (Lipinski definition) is 1. The number of amides is 1. The lowest BCUT2D eigenvalue weighted by Gasteiger charge is -2.18. The Hall–Kier alpha value is -3.40. The Labute approximate surface area is 156 Å². The molecule has 2 aromatic carbocycles. The fourth-order valence-corrected chi connectivity index (χ4v) is 2.12. The molecule has 2 aromatic rings. The van der Waals surface area contributed by atoms with E-state index >= 15 is 0 Å². The van der Waals surface area contributed by atoms with Crippen molar-refractivity contribution in [1.82, 2.24) is 5.32 Å². The number of carbonyl (C=O) groups is 2. The third-order valence-electron chi connectivity index (χ3n) is 3.67. The summed E-state index contributed by atoms with van der Waals surface area (Å²) in [6.45, 7) is 3.15. The molecule has 7 heteroatoms. The SMILES string of the molecule is C[C@H](Oc1ccc(C#N)cc1)C(=O)O[C@H](C)C(=O)NCc1ccc(F)cc1. The highest BCUT2D eigenvalue weighted by atomic mass is 19.1. The average molecular weight is 370 g/mol. The maximum Gasteiger partial charge on any atom is 0.347 e. The molecule has 2 atom stereocenters. The van der Waals surface area contributed by atoms with Crippen LogP contribution in [0.15, 0.2) is 48.5 Å². The van der Waals surface area contributed by atoms with Gasteiger partial charge in [-0.1, -0.05) is 12.1 Å². The van der Waals surface area contributed by atoms with Gasteiger partial charge >= 0.3 is 5.97 Å². The molecule has 0 aliphatic heterocycles. The van der Waals surface area contributed by atoms with E-state index in [0.717, 1.165) is 5.56 Å². The van der Waals surface area contributed by atoms with Gasteiger partial charge in [0.2, 0.25) is 0 Å². The highest BCUT2D eigenvalue weighted by Gasteiger charge is 2.23. The van der Waals surface area contributed by atoms with Crippen molar-refractivity contribution in [3.05, 3.63) is 65.5 Å². The number of nitriles is 1. The van der Waals surface area contributed by atoms with Crippen LogP contribution in [0.4, 0.5) is 4.39 Å². The van der Waals surface area contributed by atoms with E-state index in [9.17, 15) is 14.0 Å². The van der Waals surface area contributed by atoms with Crippen molar-refractivity contribution in [2.24, 2.45) is 0 Å². The van der Waals surface area contributed by atoms with Crippen molar-refractivity contribution in [3.8, 4) is 11.8 Å². The number of benzene rings is 2. The zero-order chi connectivity index (χ0) is 19.8. The Morgan fingerprint density at radius 2 is 1.70 bits per heavy atom. The minimum Gasteiger partial charge on any atom is -0.479 e. The highest BCUT2D eigenvalue weighted by Crippen LogP contribution is 2.14. The first-order valence-electron chi connectivity index (χ1n) is 8.28. The molecule has 0 saturated heterocycles. The Balaban J connectivity index is 1.81. The molecule has 0 saturated carbocycles. The van der Waals surface area contributed by atoms with Crippen LogP contribution in [0.1, 0.15) is 25.0 Å². The standard InChI is InChI=1S/C20H19FN2O4/c1-13(19(24)23-12-16-3-7-17(21)8-4-16)27-20(25)14(2)26-18-9-5-15(11-22)6-10-18/h3-10,13-14H,12H2,1-2H3,(H,23,24)/t13-,14+/m1/s1. The van der Waals surface area contributed by atoms with E-state index in [4.69, 9.17) is 14.7 Å². The van der Waals surface area contributed by atoms with Crippen LogP contribution < -0.4 is 10.1 Å². The van der Waals surface area contributed by atoms with E-state index in [1.807, 2.05) is 6.07 Å². The van der Waals surface area contributed by atoms with Gasteiger partial charge in [-0.2, -0.15) is 5.26 Å². The van der Waals surface area contributed by atoms with Gasteiger partial charge in [0.1, 0.15) is 11.6 Å². The van der Waals surface area contributed by atoms with Gasteiger partial charge in [0.25, 0.3) is 5.91 Å². The van der Waals surface area contributed by atoms with Crippen LogP contribution in [0.3, 0.4) is 0 Å². The topological polar surface area (TPSA) is 88.4 Å². The van der Waals surface area contributed by atoms with Crippen molar-refractivity contribution < 1.29 is 23.5 Å². The Morgan fingerprint density at radius 1 is 1.07 bits per heavy atom. The summed E-state index contributed by atoms with van der Waals surface area (Å²) in [7, 11) is 0. The Morgan fingerprint density at radius 3 is 2.30 bits per heavy atom. The van der Waals surface area contributed by atoms with Crippen LogP contribution in [0.2, 0.25) is 0 Å². The first kappa shape index (κ1) is 19.9. The predicted molar refractivity (Wildman–Crippen MR) is 95.0 cm³/mol. The monoisotopic (exact) mass is 370 g/mol. The molecular weight excluding hydrogens is 351 g/mol. The normalized spacial score (nSPS) is 12.4. The summed E-state index contributed by atoms with van der Waals surface area (Å²) in [5.41, 5.74) is 1.20. The van der Waals surface area contributed by atoms with Gasteiger partial charge in [-0.25, -0.2) is 9.18 Å². The maximum absolute atomic E-state index is 12.9. The molecule has 0 fully saturated rings. The van der Waals surface area contributed by atoms with Crippen molar-refractivity contribution >= 4 is 11.9 Å². The molecule has 0 bridgehead atoms. The van der Waals surface area contributed by atoms with E-state index in [1.54, 1.807) is 36.4 Å². The number of esters is 1. The van der Waals surface area contributed by atoms with Gasteiger partial charge in [0.05, 0.1) is 11.6 Å². The number of nitrogens with zero attached hydrogens (tertiary/aromatic N) is 1. The first-order chi connectivity index (χ1) is 12.9. The van der Waals surface area contributed by atoms with Crippen LogP contribution >= 0.6 is 0 Å². The van der Waals surface area contributed by atoms with Gasteiger partial charge < -0.3 is 14.8 Å². The minimum atomic E-state index is -1.01. The summed E-state index contributed by atoms with van der Waals surface area (Å²) in [6, 6.07) is 14.0. The van der Waals surface area contributed by atoms with E-state index in [2.05, 4.69) is 5.32 Å². The molecule has 0 radical (unpaired) electrons. The number of carbonyl (C=O) groups excluding carboxylic acids is 2. The molecule has 0 aliphatic rings. The summed E-state index contributed by atoms with van der Waals surface area (Å²) >= 11 is 0. The number of halogens is 1. The molecule has 140 valence electrons. The van der Waals surface area contributed by atoms with Gasteiger partial charge in [0, 0.05) is 6.54 Å². The Bertz CT molecular complexity index is 829. The minimum absolute atomic E-state index is 0.193. The van der Waals surface area contributed by atoms with E-state index in [-0.39, 0.29) is 12.4 Å². The third-order valence-corrected chi connectivity index (χ3v) is 3.67. The number of hydrogen-bond acceptors (Lipinski definition) is 5. The van der Waals surface area contributed by atoms with Crippen molar-refractivity contribution in [1.29, 1.82) is 5.26 Å². The fraction of sp³-hybridized carbons (Fsp3) is 0.250. The molecule has 0 spiro atoms. The molecule has 0 heterocycles. The molecule has 6 nitrogen and oxygen atoms in total. The van der Waals surface area contributed by atoms with Crippen LogP contribution in [0.5, 0.6) is 5.75 Å². The van der Waals surface area contributed by atoms with Crippen molar-refractivity contribution in [2.45, 2.75) is 32.6 Å². The highest BCUT2D eigenvalue weighted by molar-refractivity contribution is 5.84. The quantitative estimate of drug-likeness (QED) is 0.757.